The summed E-state index contributed by atoms with van der Waals surface area (Å²) in [6.45, 7) is 2.89. The molecule has 0 saturated carbocycles. The van der Waals surface area contributed by atoms with Crippen molar-refractivity contribution in [2.24, 2.45) is 0 Å². The Kier molecular flexibility index (Phi) is 5.25. The highest BCUT2D eigenvalue weighted by Gasteiger charge is 2.23. The molecule has 1 aliphatic heterocycles. The van der Waals surface area contributed by atoms with Gasteiger partial charge in [-0.25, -0.2) is 0 Å². The first-order valence-corrected chi connectivity index (χ1v) is 8.78. The lowest BCUT2D eigenvalue weighted by Crippen LogP contribution is -2.49. The zero-order valence-electron chi connectivity index (χ0n) is 15.9. The molecular formula is C19H26N6O. The Balaban J connectivity index is 1.59. The van der Waals surface area contributed by atoms with E-state index in [0.29, 0.717) is 13.1 Å². The van der Waals surface area contributed by atoms with Crippen molar-refractivity contribution < 1.29 is 4.79 Å². The molecule has 7 nitrogen and oxygen atoms in total. The summed E-state index contributed by atoms with van der Waals surface area (Å²) in [4.78, 5) is 20.7. The van der Waals surface area contributed by atoms with E-state index in [1.165, 1.54) is 0 Å². The molecule has 1 amide bonds. The first-order chi connectivity index (χ1) is 12.5. The van der Waals surface area contributed by atoms with Crippen LogP contribution in [0.2, 0.25) is 0 Å². The van der Waals surface area contributed by atoms with E-state index in [0.717, 1.165) is 36.0 Å². The normalized spacial score (nSPS) is 14.3. The van der Waals surface area contributed by atoms with Gasteiger partial charge in [0.15, 0.2) is 11.6 Å². The van der Waals surface area contributed by atoms with E-state index < -0.39 is 0 Å². The largest absolute Gasteiger partial charge is 0.378 e. The Labute approximate surface area is 154 Å². The maximum atomic E-state index is 12.7. The van der Waals surface area contributed by atoms with Crippen molar-refractivity contribution >= 4 is 23.2 Å². The molecule has 1 aromatic carbocycles. The first-order valence-electron chi connectivity index (χ1n) is 8.78. The molecule has 0 atom stereocenters. The molecule has 0 spiro atoms. The molecule has 1 saturated heterocycles. The van der Waals surface area contributed by atoms with E-state index in [9.17, 15) is 4.79 Å². The van der Waals surface area contributed by atoms with Crippen molar-refractivity contribution in [3.05, 3.63) is 42.0 Å². The van der Waals surface area contributed by atoms with Gasteiger partial charge < -0.3 is 19.6 Å². The first kappa shape index (κ1) is 18.0. The third-order valence-electron chi connectivity index (χ3n) is 4.62. The summed E-state index contributed by atoms with van der Waals surface area (Å²) in [5.41, 5.74) is 1.82. The van der Waals surface area contributed by atoms with E-state index in [1.54, 1.807) is 0 Å². The van der Waals surface area contributed by atoms with Crippen LogP contribution in [-0.4, -0.2) is 75.4 Å². The Bertz CT molecular complexity index is 734. The zero-order valence-corrected chi connectivity index (χ0v) is 15.9. The van der Waals surface area contributed by atoms with Crippen molar-refractivity contribution in [2.75, 3.05) is 69.1 Å². The van der Waals surface area contributed by atoms with Gasteiger partial charge in [0, 0.05) is 65.6 Å². The third-order valence-corrected chi connectivity index (χ3v) is 4.62. The molecule has 1 fully saturated rings. The molecular weight excluding hydrogens is 328 g/mol. The maximum absolute atomic E-state index is 12.7. The average molecular weight is 354 g/mol. The SMILES string of the molecule is CN(C)c1ccc(C(=O)N2CCN(c3ccc(N(C)C)nn3)CC2)cc1. The second-order valence-electron chi connectivity index (χ2n) is 6.86. The topological polar surface area (TPSA) is 55.8 Å². The van der Waals surface area contributed by atoms with E-state index in [2.05, 4.69) is 15.1 Å². The van der Waals surface area contributed by atoms with Gasteiger partial charge in [0.25, 0.3) is 5.91 Å². The Morgan fingerprint density at radius 1 is 0.846 bits per heavy atom. The highest BCUT2D eigenvalue weighted by Crippen LogP contribution is 2.18. The maximum Gasteiger partial charge on any atom is 0.253 e. The van der Waals surface area contributed by atoms with Crippen LogP contribution in [0.1, 0.15) is 10.4 Å². The molecule has 1 aromatic heterocycles. The molecule has 2 aromatic rings. The molecule has 0 N–H and O–H groups in total. The molecule has 7 heteroatoms. The molecule has 3 rings (SSSR count). The molecule has 0 unspecified atom stereocenters. The fraction of sp³-hybridized carbons (Fsp3) is 0.421. The third kappa shape index (κ3) is 3.87. The zero-order chi connectivity index (χ0) is 18.7. The minimum atomic E-state index is 0.0870. The van der Waals surface area contributed by atoms with Crippen molar-refractivity contribution in [1.29, 1.82) is 0 Å². The number of amides is 1. The number of piperazine rings is 1. The van der Waals surface area contributed by atoms with Gasteiger partial charge in [0.1, 0.15) is 0 Å². The monoisotopic (exact) mass is 354 g/mol. The van der Waals surface area contributed by atoms with Crippen LogP contribution in [0.4, 0.5) is 17.3 Å². The van der Waals surface area contributed by atoms with Gasteiger partial charge >= 0.3 is 0 Å². The van der Waals surface area contributed by atoms with Crippen LogP contribution in [0.3, 0.4) is 0 Å². The van der Waals surface area contributed by atoms with E-state index in [4.69, 9.17) is 0 Å². The van der Waals surface area contributed by atoms with Crippen LogP contribution in [0.5, 0.6) is 0 Å². The van der Waals surface area contributed by atoms with Gasteiger partial charge in [-0.05, 0) is 36.4 Å². The van der Waals surface area contributed by atoms with Gasteiger partial charge in [0.2, 0.25) is 0 Å². The number of hydrogen-bond acceptors (Lipinski definition) is 6. The second kappa shape index (κ2) is 7.59. The smallest absolute Gasteiger partial charge is 0.253 e. The van der Waals surface area contributed by atoms with Crippen LogP contribution in [0.25, 0.3) is 0 Å². The molecule has 138 valence electrons. The minimum Gasteiger partial charge on any atom is -0.378 e. The number of aromatic nitrogens is 2. The van der Waals surface area contributed by atoms with Gasteiger partial charge in [-0.2, -0.15) is 0 Å². The number of rotatable bonds is 4. The van der Waals surface area contributed by atoms with E-state index >= 15 is 0 Å². The number of carbonyl (C=O) groups is 1. The van der Waals surface area contributed by atoms with Gasteiger partial charge in [-0.1, -0.05) is 0 Å². The van der Waals surface area contributed by atoms with Crippen molar-refractivity contribution in [2.45, 2.75) is 0 Å². The quantitative estimate of drug-likeness (QED) is 0.831. The van der Waals surface area contributed by atoms with Crippen LogP contribution >= 0.6 is 0 Å². The fourth-order valence-electron chi connectivity index (χ4n) is 2.95. The standard InChI is InChI=1S/C19H26N6O/c1-22(2)16-7-5-15(6-8-16)19(26)25-13-11-24(12-14-25)18-10-9-17(20-21-18)23(3)4/h5-10H,11-14H2,1-4H3. The summed E-state index contributed by atoms with van der Waals surface area (Å²) in [6, 6.07) is 11.7. The molecule has 0 radical (unpaired) electrons. The lowest BCUT2D eigenvalue weighted by Gasteiger charge is -2.35. The number of carbonyl (C=O) groups excluding carboxylic acids is 1. The predicted octanol–water partition coefficient (Wildman–Crippen LogP) is 1.57. The van der Waals surface area contributed by atoms with E-state index in [-0.39, 0.29) is 5.91 Å². The van der Waals surface area contributed by atoms with Gasteiger partial charge in [0.05, 0.1) is 0 Å². The van der Waals surface area contributed by atoms with Crippen LogP contribution in [0, 0.1) is 0 Å². The lowest BCUT2D eigenvalue weighted by molar-refractivity contribution is 0.0746. The molecule has 0 bridgehead atoms. The summed E-state index contributed by atoms with van der Waals surface area (Å²) in [5, 5.41) is 8.53. The molecule has 0 aliphatic carbocycles. The Morgan fingerprint density at radius 3 is 2.00 bits per heavy atom. The highest BCUT2D eigenvalue weighted by atomic mass is 16.2. The predicted molar refractivity (Wildman–Crippen MR) is 105 cm³/mol. The summed E-state index contributed by atoms with van der Waals surface area (Å²) in [6.07, 6.45) is 0. The van der Waals surface area contributed by atoms with Gasteiger partial charge in [-0.15, -0.1) is 10.2 Å². The summed E-state index contributed by atoms with van der Waals surface area (Å²) in [5.74, 6) is 1.78. The average Bonchev–Trinajstić information content (AvgIpc) is 2.67. The number of anilines is 3. The van der Waals surface area contributed by atoms with Crippen LogP contribution in [-0.2, 0) is 0 Å². The summed E-state index contributed by atoms with van der Waals surface area (Å²) < 4.78 is 0. The molecule has 1 aliphatic rings. The Morgan fingerprint density at radius 2 is 1.50 bits per heavy atom. The van der Waals surface area contributed by atoms with Crippen molar-refractivity contribution in [1.82, 2.24) is 15.1 Å². The second-order valence-corrected chi connectivity index (χ2v) is 6.86. The lowest BCUT2D eigenvalue weighted by atomic mass is 10.1. The van der Waals surface area contributed by atoms with Crippen molar-refractivity contribution in [3.63, 3.8) is 0 Å². The van der Waals surface area contributed by atoms with Gasteiger partial charge in [-0.3, -0.25) is 4.79 Å². The number of hydrogen-bond donors (Lipinski definition) is 0. The minimum absolute atomic E-state index is 0.0870. The Hall–Kier alpha value is -2.83. The fourth-order valence-corrected chi connectivity index (χ4v) is 2.95. The summed E-state index contributed by atoms with van der Waals surface area (Å²) in [7, 11) is 7.87. The summed E-state index contributed by atoms with van der Waals surface area (Å²) >= 11 is 0. The van der Waals surface area contributed by atoms with Crippen LogP contribution < -0.4 is 14.7 Å². The van der Waals surface area contributed by atoms with Crippen LogP contribution in [0.15, 0.2) is 36.4 Å². The number of nitrogens with zero attached hydrogens (tertiary/aromatic N) is 6. The number of benzene rings is 1. The van der Waals surface area contributed by atoms with E-state index in [1.807, 2.05) is 79.3 Å². The van der Waals surface area contributed by atoms with Crippen molar-refractivity contribution in [3.8, 4) is 0 Å². The molecule has 26 heavy (non-hydrogen) atoms. The highest BCUT2D eigenvalue weighted by molar-refractivity contribution is 5.94. The molecule has 2 heterocycles.